The Bertz CT molecular complexity index is 1280. The summed E-state index contributed by atoms with van der Waals surface area (Å²) in [6, 6.07) is 12.7. The number of hydrogen-bond donors (Lipinski definition) is 0. The first kappa shape index (κ1) is 20.2. The number of amides is 1. The molecule has 0 spiro atoms. The molecule has 1 aromatic heterocycles. The van der Waals surface area contributed by atoms with Gasteiger partial charge < -0.3 is 4.57 Å². The van der Waals surface area contributed by atoms with Gasteiger partial charge in [-0.25, -0.2) is 13.4 Å². The Morgan fingerprint density at radius 1 is 1.06 bits per heavy atom. The molecular formula is C23H26N4O3S. The second kappa shape index (κ2) is 7.46. The topological polar surface area (TPSA) is 75.5 Å². The third-order valence-electron chi connectivity index (χ3n) is 6.46. The summed E-state index contributed by atoms with van der Waals surface area (Å²) >= 11 is 0. The predicted octanol–water partition coefficient (Wildman–Crippen LogP) is 3.57. The predicted molar refractivity (Wildman–Crippen MR) is 120 cm³/mol. The van der Waals surface area contributed by atoms with Crippen LogP contribution in [0.2, 0.25) is 0 Å². The Hall–Kier alpha value is -2.71. The van der Waals surface area contributed by atoms with Crippen LogP contribution in [0.3, 0.4) is 0 Å². The lowest BCUT2D eigenvalue weighted by Crippen LogP contribution is -2.42. The zero-order valence-electron chi connectivity index (χ0n) is 17.8. The molecule has 2 aliphatic rings. The van der Waals surface area contributed by atoms with E-state index in [2.05, 4.69) is 4.98 Å². The van der Waals surface area contributed by atoms with E-state index in [9.17, 15) is 13.2 Å². The highest BCUT2D eigenvalue weighted by atomic mass is 32.2. The van der Waals surface area contributed by atoms with Gasteiger partial charge in [-0.15, -0.1) is 0 Å². The van der Waals surface area contributed by atoms with Crippen LogP contribution in [-0.2, 0) is 16.6 Å². The normalized spacial score (nSPS) is 19.7. The SMILES string of the molecule is Cc1ccc(S(=O)(=O)N2CCCCC2C)cc1C(=O)N1CCn2c1nc1ccccc12. The van der Waals surface area contributed by atoms with E-state index < -0.39 is 10.0 Å². The Kier molecular flexibility index (Phi) is 4.86. The number of aryl methyl sites for hydroxylation is 1. The zero-order chi connectivity index (χ0) is 21.8. The van der Waals surface area contributed by atoms with Gasteiger partial charge in [-0.1, -0.05) is 24.6 Å². The summed E-state index contributed by atoms with van der Waals surface area (Å²) in [4.78, 5) is 20.0. The second-order valence-electron chi connectivity index (χ2n) is 8.45. The summed E-state index contributed by atoms with van der Waals surface area (Å²) in [6.45, 7) is 5.50. The van der Waals surface area contributed by atoms with E-state index in [0.29, 0.717) is 31.1 Å². The molecule has 8 heteroatoms. The van der Waals surface area contributed by atoms with Crippen LogP contribution in [0, 0.1) is 6.92 Å². The summed E-state index contributed by atoms with van der Waals surface area (Å²) in [5.41, 5.74) is 3.01. The van der Waals surface area contributed by atoms with Gasteiger partial charge >= 0.3 is 0 Å². The van der Waals surface area contributed by atoms with E-state index in [0.717, 1.165) is 35.9 Å². The van der Waals surface area contributed by atoms with Crippen LogP contribution in [0.5, 0.6) is 0 Å². The van der Waals surface area contributed by atoms with Crippen molar-refractivity contribution >= 4 is 32.9 Å². The third-order valence-corrected chi connectivity index (χ3v) is 8.47. The molecule has 0 bridgehead atoms. The van der Waals surface area contributed by atoms with Crippen molar-refractivity contribution in [1.82, 2.24) is 13.9 Å². The number of piperidine rings is 1. The third kappa shape index (κ3) is 3.25. The lowest BCUT2D eigenvalue weighted by atomic mass is 10.1. The quantitative estimate of drug-likeness (QED) is 0.627. The molecule has 5 rings (SSSR count). The lowest BCUT2D eigenvalue weighted by Gasteiger charge is -2.32. The van der Waals surface area contributed by atoms with E-state index in [1.165, 1.54) is 0 Å². The molecule has 31 heavy (non-hydrogen) atoms. The summed E-state index contributed by atoms with van der Waals surface area (Å²) in [5, 5.41) is 0. The van der Waals surface area contributed by atoms with Crippen LogP contribution in [0.4, 0.5) is 5.95 Å². The number of benzene rings is 2. The summed E-state index contributed by atoms with van der Waals surface area (Å²) in [6.07, 6.45) is 2.77. The average molecular weight is 439 g/mol. The molecule has 3 heterocycles. The number of anilines is 1. The van der Waals surface area contributed by atoms with Crippen molar-refractivity contribution in [2.75, 3.05) is 18.0 Å². The number of aromatic nitrogens is 2. The van der Waals surface area contributed by atoms with E-state index in [4.69, 9.17) is 0 Å². The van der Waals surface area contributed by atoms with Crippen LogP contribution < -0.4 is 4.90 Å². The summed E-state index contributed by atoms with van der Waals surface area (Å²) in [7, 11) is -3.65. The van der Waals surface area contributed by atoms with Crippen molar-refractivity contribution < 1.29 is 13.2 Å². The lowest BCUT2D eigenvalue weighted by molar-refractivity contribution is 0.0988. The number of rotatable bonds is 3. The standard InChI is InChI=1S/C23H26N4O3S/c1-16-10-11-18(31(29,30)27-12-6-5-7-17(27)2)15-19(16)22(28)26-14-13-25-21-9-4-3-8-20(21)24-23(25)26/h3-4,8-11,15,17H,5-7,12-14H2,1-2H3. The average Bonchev–Trinajstić information content (AvgIpc) is 3.33. The molecule has 0 saturated carbocycles. The van der Waals surface area contributed by atoms with Crippen molar-refractivity contribution in [3.05, 3.63) is 53.6 Å². The molecule has 3 aromatic rings. The van der Waals surface area contributed by atoms with Gasteiger partial charge in [0.1, 0.15) is 0 Å². The van der Waals surface area contributed by atoms with Crippen molar-refractivity contribution in [3.63, 3.8) is 0 Å². The Morgan fingerprint density at radius 2 is 1.87 bits per heavy atom. The molecule has 0 aliphatic carbocycles. The molecule has 2 aromatic carbocycles. The van der Waals surface area contributed by atoms with E-state index in [1.54, 1.807) is 27.4 Å². The van der Waals surface area contributed by atoms with Gasteiger partial charge in [-0.2, -0.15) is 4.31 Å². The van der Waals surface area contributed by atoms with Gasteiger partial charge in [0, 0.05) is 31.2 Å². The fourth-order valence-electron chi connectivity index (χ4n) is 4.68. The number of nitrogens with zero attached hydrogens (tertiary/aromatic N) is 4. The van der Waals surface area contributed by atoms with Gasteiger partial charge in [0.2, 0.25) is 16.0 Å². The summed E-state index contributed by atoms with van der Waals surface area (Å²) < 4.78 is 30.2. The zero-order valence-corrected chi connectivity index (χ0v) is 18.6. The Morgan fingerprint density at radius 3 is 2.68 bits per heavy atom. The van der Waals surface area contributed by atoms with Gasteiger partial charge in [0.25, 0.3) is 5.91 Å². The molecule has 7 nitrogen and oxygen atoms in total. The van der Waals surface area contributed by atoms with Crippen LogP contribution in [-0.4, -0.2) is 47.3 Å². The van der Waals surface area contributed by atoms with Crippen LogP contribution in [0.15, 0.2) is 47.4 Å². The molecule has 1 fully saturated rings. The highest BCUT2D eigenvalue weighted by Gasteiger charge is 2.33. The number of sulfonamides is 1. The van der Waals surface area contributed by atoms with Gasteiger partial charge in [-0.3, -0.25) is 9.69 Å². The Balaban J connectivity index is 1.51. The van der Waals surface area contributed by atoms with Crippen molar-refractivity contribution in [3.8, 4) is 0 Å². The first-order chi connectivity index (χ1) is 14.9. The molecule has 2 aliphatic heterocycles. The minimum absolute atomic E-state index is 0.0299. The van der Waals surface area contributed by atoms with Crippen LogP contribution in [0.1, 0.15) is 42.1 Å². The second-order valence-corrected chi connectivity index (χ2v) is 10.3. The maximum absolute atomic E-state index is 13.5. The first-order valence-corrected chi connectivity index (χ1v) is 12.2. The minimum atomic E-state index is -3.65. The van der Waals surface area contributed by atoms with Gasteiger partial charge in [0.15, 0.2) is 0 Å². The number of imidazole rings is 1. The monoisotopic (exact) mass is 438 g/mol. The highest BCUT2D eigenvalue weighted by Crippen LogP contribution is 2.30. The number of fused-ring (bicyclic) bond motifs is 3. The smallest absolute Gasteiger partial charge is 0.260 e. The fraction of sp³-hybridized carbons (Fsp3) is 0.391. The number of carbonyl (C=O) groups is 1. The molecule has 162 valence electrons. The van der Waals surface area contributed by atoms with E-state index in [-0.39, 0.29) is 16.8 Å². The van der Waals surface area contributed by atoms with Gasteiger partial charge in [0.05, 0.1) is 15.9 Å². The minimum Gasteiger partial charge on any atom is -0.308 e. The highest BCUT2D eigenvalue weighted by molar-refractivity contribution is 7.89. The molecule has 1 unspecified atom stereocenters. The fourth-order valence-corrected chi connectivity index (χ4v) is 6.41. The number of carbonyl (C=O) groups excluding carboxylic acids is 1. The molecule has 1 atom stereocenters. The first-order valence-electron chi connectivity index (χ1n) is 10.8. The molecular weight excluding hydrogens is 412 g/mol. The van der Waals surface area contributed by atoms with Crippen LogP contribution >= 0.6 is 0 Å². The Labute approximate surface area is 182 Å². The molecule has 0 radical (unpaired) electrons. The maximum atomic E-state index is 13.5. The van der Waals surface area contributed by atoms with E-state index >= 15 is 0 Å². The largest absolute Gasteiger partial charge is 0.308 e. The van der Waals surface area contributed by atoms with Gasteiger partial charge in [-0.05, 0) is 56.5 Å². The molecule has 1 amide bonds. The number of hydrogen-bond acceptors (Lipinski definition) is 4. The van der Waals surface area contributed by atoms with Crippen molar-refractivity contribution in [1.29, 1.82) is 0 Å². The van der Waals surface area contributed by atoms with E-state index in [1.807, 2.05) is 42.7 Å². The molecule has 0 N–H and O–H groups in total. The van der Waals surface area contributed by atoms with Crippen molar-refractivity contribution in [2.45, 2.75) is 50.6 Å². The summed E-state index contributed by atoms with van der Waals surface area (Å²) in [5.74, 6) is 0.402. The van der Waals surface area contributed by atoms with Crippen molar-refractivity contribution in [2.24, 2.45) is 0 Å². The van der Waals surface area contributed by atoms with Crippen LogP contribution in [0.25, 0.3) is 11.0 Å². The maximum Gasteiger partial charge on any atom is 0.260 e. The number of para-hydroxylation sites is 2. The molecule has 1 saturated heterocycles.